The molecule has 0 spiro atoms. The zero-order valence-electron chi connectivity index (χ0n) is 10.6. The van der Waals surface area contributed by atoms with Crippen LogP contribution < -0.4 is 5.32 Å². The number of thiazole rings is 1. The molecule has 1 aromatic heterocycles. The van der Waals surface area contributed by atoms with Crippen LogP contribution in [0.2, 0.25) is 0 Å². The van der Waals surface area contributed by atoms with E-state index in [1.165, 1.54) is 10.7 Å². The summed E-state index contributed by atoms with van der Waals surface area (Å²) in [5.74, 6) is 0. The molecule has 0 radical (unpaired) electrons. The second-order valence-electron chi connectivity index (χ2n) is 4.02. The van der Waals surface area contributed by atoms with Gasteiger partial charge in [0.2, 0.25) is 0 Å². The van der Waals surface area contributed by atoms with Crippen LogP contribution in [0.3, 0.4) is 0 Å². The molecule has 3 nitrogen and oxygen atoms in total. The minimum absolute atomic E-state index is 0.252. The average molecular weight is 242 g/mol. The van der Waals surface area contributed by atoms with Crippen molar-refractivity contribution in [1.82, 2.24) is 10.3 Å². The van der Waals surface area contributed by atoms with Crippen molar-refractivity contribution in [3.8, 4) is 0 Å². The minimum Gasteiger partial charge on any atom is -0.380 e. The Kier molecular flexibility index (Phi) is 5.95. The van der Waals surface area contributed by atoms with Crippen LogP contribution in [-0.4, -0.2) is 30.8 Å². The first-order valence-corrected chi connectivity index (χ1v) is 6.74. The molecule has 0 amide bonds. The fraction of sp³-hybridized carbons (Fsp3) is 0.750. The number of methoxy groups -OCH3 is 1. The number of nitrogens with zero attached hydrogens (tertiary/aromatic N) is 1. The molecule has 2 unspecified atom stereocenters. The van der Waals surface area contributed by atoms with Gasteiger partial charge in [-0.3, -0.25) is 0 Å². The van der Waals surface area contributed by atoms with E-state index in [1.807, 2.05) is 0 Å². The van der Waals surface area contributed by atoms with Gasteiger partial charge in [0.1, 0.15) is 0 Å². The molecule has 1 heterocycles. The van der Waals surface area contributed by atoms with Crippen molar-refractivity contribution in [3.63, 3.8) is 0 Å². The zero-order chi connectivity index (χ0) is 12.0. The largest absolute Gasteiger partial charge is 0.380 e. The number of rotatable bonds is 7. The van der Waals surface area contributed by atoms with Crippen molar-refractivity contribution in [2.45, 2.75) is 45.8 Å². The summed E-state index contributed by atoms with van der Waals surface area (Å²) in [6, 6.07) is 0.384. The van der Waals surface area contributed by atoms with E-state index in [2.05, 4.69) is 36.5 Å². The molecule has 2 atom stereocenters. The maximum Gasteiger partial charge on any atom is 0.0925 e. The topological polar surface area (TPSA) is 34.2 Å². The number of ether oxygens (including phenoxy) is 1. The van der Waals surface area contributed by atoms with Gasteiger partial charge in [-0.05, 0) is 20.3 Å². The quantitative estimate of drug-likeness (QED) is 0.796. The Balaban J connectivity index is 2.24. The summed E-state index contributed by atoms with van der Waals surface area (Å²) < 4.78 is 5.26. The molecular formula is C12H22N2OS. The van der Waals surface area contributed by atoms with Crippen LogP contribution in [0.5, 0.6) is 0 Å². The molecule has 1 aromatic rings. The summed E-state index contributed by atoms with van der Waals surface area (Å²) in [7, 11) is 1.75. The fourth-order valence-corrected chi connectivity index (χ4v) is 2.20. The van der Waals surface area contributed by atoms with Gasteiger partial charge in [-0.25, -0.2) is 4.98 Å². The van der Waals surface area contributed by atoms with Gasteiger partial charge in [0, 0.05) is 31.5 Å². The normalized spacial score (nSPS) is 15.0. The molecule has 1 N–H and O–H groups in total. The van der Waals surface area contributed by atoms with Gasteiger partial charge >= 0.3 is 0 Å². The molecule has 0 aromatic carbocycles. The summed E-state index contributed by atoms with van der Waals surface area (Å²) in [5, 5.41) is 6.84. The highest BCUT2D eigenvalue weighted by molar-refractivity contribution is 7.09. The van der Waals surface area contributed by atoms with Gasteiger partial charge in [0.25, 0.3) is 0 Å². The third-order valence-electron chi connectivity index (χ3n) is 2.83. The highest BCUT2D eigenvalue weighted by atomic mass is 32.1. The summed E-state index contributed by atoms with van der Waals surface area (Å²) in [6.07, 6.45) is 2.29. The summed E-state index contributed by atoms with van der Waals surface area (Å²) >= 11 is 1.76. The summed E-state index contributed by atoms with van der Waals surface area (Å²) in [6.45, 7) is 7.33. The maximum absolute atomic E-state index is 5.26. The Bertz CT molecular complexity index is 301. The SMILES string of the molecule is CCc1nc(CCNC(C)C(C)OC)cs1. The van der Waals surface area contributed by atoms with Crippen molar-refractivity contribution >= 4 is 11.3 Å². The summed E-state index contributed by atoms with van der Waals surface area (Å²) in [4.78, 5) is 4.54. The van der Waals surface area contributed by atoms with Crippen molar-refractivity contribution in [1.29, 1.82) is 0 Å². The number of hydrogen-bond donors (Lipinski definition) is 1. The van der Waals surface area contributed by atoms with Crippen LogP contribution in [0.25, 0.3) is 0 Å². The van der Waals surface area contributed by atoms with Crippen LogP contribution in [-0.2, 0) is 17.6 Å². The minimum atomic E-state index is 0.252. The van der Waals surface area contributed by atoms with Gasteiger partial charge in [-0.15, -0.1) is 11.3 Å². The third kappa shape index (κ3) is 4.20. The highest BCUT2D eigenvalue weighted by Gasteiger charge is 2.09. The molecule has 0 fully saturated rings. The van der Waals surface area contributed by atoms with Crippen LogP contribution in [0.15, 0.2) is 5.38 Å². The van der Waals surface area contributed by atoms with E-state index in [0.717, 1.165) is 19.4 Å². The first-order chi connectivity index (χ1) is 7.67. The standard InChI is InChI=1S/C12H22N2OS/c1-5-12-14-11(8-16-12)6-7-13-9(2)10(3)15-4/h8-10,13H,5-7H2,1-4H3. The first-order valence-electron chi connectivity index (χ1n) is 5.86. The Labute approximate surface area is 102 Å². The van der Waals surface area contributed by atoms with Crippen molar-refractivity contribution in [2.75, 3.05) is 13.7 Å². The van der Waals surface area contributed by atoms with E-state index in [1.54, 1.807) is 18.4 Å². The second kappa shape index (κ2) is 6.99. The first kappa shape index (κ1) is 13.6. The van der Waals surface area contributed by atoms with E-state index in [-0.39, 0.29) is 6.10 Å². The van der Waals surface area contributed by atoms with Gasteiger partial charge in [-0.2, -0.15) is 0 Å². The molecular weight excluding hydrogens is 220 g/mol. The molecule has 1 rings (SSSR count). The lowest BCUT2D eigenvalue weighted by atomic mass is 10.2. The lowest BCUT2D eigenvalue weighted by Gasteiger charge is -2.19. The van der Waals surface area contributed by atoms with Gasteiger partial charge in [0.15, 0.2) is 0 Å². The van der Waals surface area contributed by atoms with Crippen LogP contribution >= 0.6 is 11.3 Å². The molecule has 0 aliphatic rings. The Morgan fingerprint density at radius 1 is 1.50 bits per heavy atom. The third-order valence-corrected chi connectivity index (χ3v) is 3.87. The van der Waals surface area contributed by atoms with E-state index in [0.29, 0.717) is 6.04 Å². The van der Waals surface area contributed by atoms with Crippen LogP contribution in [0.1, 0.15) is 31.5 Å². The Morgan fingerprint density at radius 2 is 2.25 bits per heavy atom. The predicted molar refractivity (Wildman–Crippen MR) is 69.1 cm³/mol. The fourth-order valence-electron chi connectivity index (χ4n) is 1.42. The summed E-state index contributed by atoms with van der Waals surface area (Å²) in [5.41, 5.74) is 1.20. The Hall–Kier alpha value is -0.450. The van der Waals surface area contributed by atoms with Crippen LogP contribution in [0, 0.1) is 0 Å². The predicted octanol–water partition coefficient (Wildman–Crippen LogP) is 2.26. The lowest BCUT2D eigenvalue weighted by Crippen LogP contribution is -2.37. The molecule has 4 heteroatoms. The molecule has 16 heavy (non-hydrogen) atoms. The van der Waals surface area contributed by atoms with E-state index in [4.69, 9.17) is 4.74 Å². The average Bonchev–Trinajstić information content (AvgIpc) is 2.75. The number of hydrogen-bond acceptors (Lipinski definition) is 4. The number of aryl methyl sites for hydroxylation is 1. The molecule has 0 saturated carbocycles. The van der Waals surface area contributed by atoms with E-state index >= 15 is 0 Å². The smallest absolute Gasteiger partial charge is 0.0925 e. The number of aromatic nitrogens is 1. The van der Waals surface area contributed by atoms with Gasteiger partial charge in [-0.1, -0.05) is 6.92 Å². The highest BCUT2D eigenvalue weighted by Crippen LogP contribution is 2.10. The molecule has 0 aliphatic heterocycles. The maximum atomic E-state index is 5.26. The van der Waals surface area contributed by atoms with Crippen molar-refractivity contribution in [2.24, 2.45) is 0 Å². The molecule has 92 valence electrons. The second-order valence-corrected chi connectivity index (χ2v) is 4.96. The molecule has 0 aliphatic carbocycles. The number of nitrogens with one attached hydrogen (secondary N) is 1. The zero-order valence-corrected chi connectivity index (χ0v) is 11.4. The lowest BCUT2D eigenvalue weighted by molar-refractivity contribution is 0.0890. The molecule has 0 bridgehead atoms. The van der Waals surface area contributed by atoms with Crippen molar-refractivity contribution < 1.29 is 4.74 Å². The van der Waals surface area contributed by atoms with E-state index in [9.17, 15) is 0 Å². The van der Waals surface area contributed by atoms with Crippen molar-refractivity contribution in [3.05, 3.63) is 16.1 Å². The van der Waals surface area contributed by atoms with E-state index < -0.39 is 0 Å². The Morgan fingerprint density at radius 3 is 2.81 bits per heavy atom. The monoisotopic (exact) mass is 242 g/mol. The van der Waals surface area contributed by atoms with Crippen LogP contribution in [0.4, 0.5) is 0 Å². The van der Waals surface area contributed by atoms with Gasteiger partial charge in [0.05, 0.1) is 16.8 Å². The molecule has 0 saturated heterocycles. The van der Waals surface area contributed by atoms with Gasteiger partial charge < -0.3 is 10.1 Å².